The minimum absolute atomic E-state index is 0.154. The Morgan fingerprint density at radius 3 is 2.58 bits per heavy atom. The monoisotopic (exact) mass is 492 g/mol. The van der Waals surface area contributed by atoms with E-state index >= 15 is 0 Å². The molecule has 0 atom stereocenters. The second-order valence-electron chi connectivity index (χ2n) is 9.07. The number of likely N-dealkylation sites (tertiary alicyclic amines) is 1. The van der Waals surface area contributed by atoms with Crippen LogP contribution in [0.5, 0.6) is 5.75 Å². The van der Waals surface area contributed by atoms with E-state index in [0.29, 0.717) is 55.1 Å². The van der Waals surface area contributed by atoms with Gasteiger partial charge in [-0.3, -0.25) is 9.69 Å². The van der Waals surface area contributed by atoms with Gasteiger partial charge in [-0.25, -0.2) is 8.78 Å². The van der Waals surface area contributed by atoms with Gasteiger partial charge < -0.3 is 19.6 Å². The van der Waals surface area contributed by atoms with E-state index in [1.807, 2.05) is 18.2 Å². The van der Waals surface area contributed by atoms with E-state index in [9.17, 15) is 18.7 Å². The van der Waals surface area contributed by atoms with Crippen LogP contribution in [0.15, 0.2) is 71.1 Å². The SMILES string of the molecule is COc1ccccc1NC(=O)c1cc2cc(C3(O)CCN(Cc4ccc(F)c(F)c4)CC3)ccc2o1. The summed E-state index contributed by atoms with van der Waals surface area (Å²) in [4.78, 5) is 14.9. The number of nitrogens with one attached hydrogen (secondary N) is 1. The van der Waals surface area contributed by atoms with Gasteiger partial charge in [0.2, 0.25) is 0 Å². The molecule has 1 aromatic heterocycles. The third kappa shape index (κ3) is 4.82. The molecule has 1 aliphatic heterocycles. The number of furan rings is 1. The van der Waals surface area contributed by atoms with Gasteiger partial charge >= 0.3 is 0 Å². The zero-order valence-corrected chi connectivity index (χ0v) is 19.8. The molecule has 8 heteroatoms. The summed E-state index contributed by atoms with van der Waals surface area (Å²) in [6.07, 6.45) is 0.975. The quantitative estimate of drug-likeness (QED) is 0.374. The highest BCUT2D eigenvalue weighted by Crippen LogP contribution is 2.35. The maximum Gasteiger partial charge on any atom is 0.291 e. The summed E-state index contributed by atoms with van der Waals surface area (Å²) in [5, 5.41) is 14.9. The second-order valence-corrected chi connectivity index (χ2v) is 9.07. The predicted molar refractivity (Wildman–Crippen MR) is 132 cm³/mol. The van der Waals surface area contributed by atoms with E-state index in [-0.39, 0.29) is 5.76 Å². The lowest BCUT2D eigenvalue weighted by atomic mass is 9.84. The number of carbonyl (C=O) groups is 1. The summed E-state index contributed by atoms with van der Waals surface area (Å²) in [6, 6.07) is 18.1. The molecule has 3 aromatic carbocycles. The molecule has 0 saturated carbocycles. The molecule has 1 amide bonds. The number of para-hydroxylation sites is 2. The fourth-order valence-corrected chi connectivity index (χ4v) is 4.64. The Morgan fingerprint density at radius 2 is 1.83 bits per heavy atom. The van der Waals surface area contributed by atoms with Crippen molar-refractivity contribution in [2.45, 2.75) is 25.0 Å². The highest BCUT2D eigenvalue weighted by molar-refractivity contribution is 6.05. The molecule has 0 bridgehead atoms. The fourth-order valence-electron chi connectivity index (χ4n) is 4.64. The largest absolute Gasteiger partial charge is 0.495 e. The number of aliphatic hydroxyl groups is 1. The summed E-state index contributed by atoms with van der Waals surface area (Å²) < 4.78 is 37.8. The summed E-state index contributed by atoms with van der Waals surface area (Å²) in [5.74, 6) is -1.42. The number of anilines is 1. The number of rotatable bonds is 6. The number of methoxy groups -OCH3 is 1. The van der Waals surface area contributed by atoms with Crippen molar-refractivity contribution in [3.05, 3.63) is 95.3 Å². The first-order valence-corrected chi connectivity index (χ1v) is 11.7. The normalized spacial score (nSPS) is 15.7. The fraction of sp³-hybridized carbons (Fsp3) is 0.250. The van der Waals surface area contributed by atoms with Crippen LogP contribution in [0.4, 0.5) is 14.5 Å². The van der Waals surface area contributed by atoms with E-state index in [0.717, 1.165) is 17.0 Å². The van der Waals surface area contributed by atoms with Gasteiger partial charge in [0.05, 0.1) is 18.4 Å². The van der Waals surface area contributed by atoms with Gasteiger partial charge in [-0.2, -0.15) is 0 Å². The van der Waals surface area contributed by atoms with Gasteiger partial charge in [0.25, 0.3) is 5.91 Å². The molecule has 5 rings (SSSR count). The highest BCUT2D eigenvalue weighted by atomic mass is 19.2. The van der Waals surface area contributed by atoms with Crippen molar-refractivity contribution in [3.8, 4) is 5.75 Å². The molecule has 0 spiro atoms. The first-order valence-electron chi connectivity index (χ1n) is 11.7. The molecule has 2 N–H and O–H groups in total. The Morgan fingerprint density at radius 1 is 1.06 bits per heavy atom. The number of benzene rings is 3. The zero-order valence-electron chi connectivity index (χ0n) is 19.8. The first kappa shape index (κ1) is 24.0. The average molecular weight is 493 g/mol. The number of hydrogen-bond acceptors (Lipinski definition) is 5. The number of piperidine rings is 1. The maximum atomic E-state index is 13.5. The number of amides is 1. The summed E-state index contributed by atoms with van der Waals surface area (Å²) in [6.45, 7) is 1.69. The Hall–Kier alpha value is -3.75. The molecule has 0 unspecified atom stereocenters. The van der Waals surface area contributed by atoms with Gasteiger partial charge in [-0.05, 0) is 66.4 Å². The Labute approximate surface area is 207 Å². The van der Waals surface area contributed by atoms with Crippen LogP contribution >= 0.6 is 0 Å². The number of fused-ring (bicyclic) bond motifs is 1. The Bertz CT molecular complexity index is 1410. The standard InChI is InChI=1S/C28H26F2N2O4/c1-35-25-5-3-2-4-23(25)31-27(33)26-16-19-15-20(7-9-24(19)36-26)28(34)10-12-32(13-11-28)17-18-6-8-21(29)22(30)14-18/h2-9,14-16,34H,10-13,17H2,1H3,(H,31,33). The molecule has 2 heterocycles. The lowest BCUT2D eigenvalue weighted by molar-refractivity contribution is -0.0276. The van der Waals surface area contributed by atoms with Gasteiger partial charge in [0.15, 0.2) is 17.4 Å². The number of hydrogen-bond donors (Lipinski definition) is 2. The maximum absolute atomic E-state index is 13.5. The Kier molecular flexibility index (Phi) is 6.47. The van der Waals surface area contributed by atoms with Gasteiger partial charge in [0.1, 0.15) is 11.3 Å². The van der Waals surface area contributed by atoms with E-state index in [1.165, 1.54) is 13.2 Å². The highest BCUT2D eigenvalue weighted by Gasteiger charge is 2.34. The molecular weight excluding hydrogens is 466 g/mol. The van der Waals surface area contributed by atoms with Gasteiger partial charge in [-0.1, -0.05) is 24.3 Å². The molecule has 36 heavy (non-hydrogen) atoms. The zero-order chi connectivity index (χ0) is 25.3. The van der Waals surface area contributed by atoms with Crippen LogP contribution in [0.2, 0.25) is 0 Å². The van der Waals surface area contributed by atoms with Crippen molar-refractivity contribution >= 4 is 22.6 Å². The Balaban J connectivity index is 1.28. The lowest BCUT2D eigenvalue weighted by Gasteiger charge is -2.38. The van der Waals surface area contributed by atoms with Crippen molar-refractivity contribution in [3.63, 3.8) is 0 Å². The molecule has 1 aliphatic rings. The lowest BCUT2D eigenvalue weighted by Crippen LogP contribution is -2.42. The van der Waals surface area contributed by atoms with E-state index in [4.69, 9.17) is 9.15 Å². The molecule has 0 aliphatic carbocycles. The summed E-state index contributed by atoms with van der Waals surface area (Å²) in [7, 11) is 1.53. The van der Waals surface area contributed by atoms with Gasteiger partial charge in [0, 0.05) is 25.0 Å². The van der Waals surface area contributed by atoms with Crippen molar-refractivity contribution in [2.75, 3.05) is 25.5 Å². The van der Waals surface area contributed by atoms with Crippen molar-refractivity contribution < 1.29 is 27.8 Å². The van der Waals surface area contributed by atoms with Crippen molar-refractivity contribution in [2.24, 2.45) is 0 Å². The molecular formula is C28H26F2N2O4. The van der Waals surface area contributed by atoms with E-state index in [2.05, 4.69) is 10.2 Å². The number of ether oxygens (including phenoxy) is 1. The molecule has 1 fully saturated rings. The molecule has 186 valence electrons. The van der Waals surface area contributed by atoms with Crippen LogP contribution in [-0.4, -0.2) is 36.1 Å². The topological polar surface area (TPSA) is 74.9 Å². The third-order valence-electron chi connectivity index (χ3n) is 6.71. The van der Waals surface area contributed by atoms with Crippen LogP contribution in [0.1, 0.15) is 34.5 Å². The van der Waals surface area contributed by atoms with Crippen molar-refractivity contribution in [1.82, 2.24) is 4.90 Å². The summed E-state index contributed by atoms with van der Waals surface area (Å²) >= 11 is 0. The molecule has 6 nitrogen and oxygen atoms in total. The molecule has 4 aromatic rings. The van der Waals surface area contributed by atoms with Crippen LogP contribution in [0, 0.1) is 11.6 Å². The number of carbonyl (C=O) groups excluding carboxylic acids is 1. The number of halogens is 2. The first-order chi connectivity index (χ1) is 17.3. The van der Waals surface area contributed by atoms with Gasteiger partial charge in [-0.15, -0.1) is 0 Å². The van der Waals surface area contributed by atoms with Crippen molar-refractivity contribution in [1.29, 1.82) is 0 Å². The van der Waals surface area contributed by atoms with Crippen LogP contribution in [0.25, 0.3) is 11.0 Å². The van der Waals surface area contributed by atoms with E-state index < -0.39 is 23.1 Å². The van der Waals surface area contributed by atoms with Crippen LogP contribution < -0.4 is 10.1 Å². The second kappa shape index (κ2) is 9.72. The van der Waals surface area contributed by atoms with E-state index in [1.54, 1.807) is 36.4 Å². The third-order valence-corrected chi connectivity index (χ3v) is 6.71. The van der Waals surface area contributed by atoms with Crippen LogP contribution in [0.3, 0.4) is 0 Å². The van der Waals surface area contributed by atoms with Crippen LogP contribution in [-0.2, 0) is 12.1 Å². The molecule has 0 radical (unpaired) electrons. The smallest absolute Gasteiger partial charge is 0.291 e. The summed E-state index contributed by atoms with van der Waals surface area (Å²) in [5.41, 5.74) is 1.49. The predicted octanol–water partition coefficient (Wildman–Crippen LogP) is 5.46. The minimum atomic E-state index is -1.03. The average Bonchev–Trinajstić information content (AvgIpc) is 3.32. The minimum Gasteiger partial charge on any atom is -0.495 e. The molecule has 1 saturated heterocycles. The number of nitrogens with zero attached hydrogens (tertiary/aromatic N) is 1.